The maximum absolute atomic E-state index is 12.6. The second kappa shape index (κ2) is 9.58. The number of hydrogen-bond donors (Lipinski definition) is 2. The fourth-order valence-electron chi connectivity index (χ4n) is 3.89. The zero-order chi connectivity index (χ0) is 23.5. The van der Waals surface area contributed by atoms with E-state index in [0.717, 1.165) is 34.7 Å². The number of rotatable bonds is 6. The van der Waals surface area contributed by atoms with Crippen LogP contribution in [0.5, 0.6) is 0 Å². The predicted molar refractivity (Wildman–Crippen MR) is 134 cm³/mol. The third-order valence-electron chi connectivity index (χ3n) is 5.69. The highest BCUT2D eigenvalue weighted by atomic mass is 32.2. The van der Waals surface area contributed by atoms with Crippen molar-refractivity contribution in [3.63, 3.8) is 0 Å². The van der Waals surface area contributed by atoms with Crippen molar-refractivity contribution in [2.45, 2.75) is 32.7 Å². The molecule has 1 amide bonds. The first kappa shape index (κ1) is 22.7. The Balaban J connectivity index is 1.53. The van der Waals surface area contributed by atoms with Gasteiger partial charge < -0.3 is 19.9 Å². The summed E-state index contributed by atoms with van der Waals surface area (Å²) >= 11 is 1.47. The zero-order valence-corrected chi connectivity index (χ0v) is 20.0. The third-order valence-corrected chi connectivity index (χ3v) is 6.72. The number of anilines is 1. The molecule has 3 aromatic rings. The molecular weight excluding hydrogens is 434 g/mol. The fourth-order valence-corrected chi connectivity index (χ4v) is 4.87. The summed E-state index contributed by atoms with van der Waals surface area (Å²) in [5, 5.41) is 6.35. The molecule has 0 saturated carbocycles. The molecule has 1 saturated heterocycles. The Labute approximate surface area is 198 Å². The van der Waals surface area contributed by atoms with Gasteiger partial charge in [-0.2, -0.15) is 0 Å². The van der Waals surface area contributed by atoms with Gasteiger partial charge in [-0.15, -0.1) is 0 Å². The van der Waals surface area contributed by atoms with E-state index in [4.69, 9.17) is 4.74 Å². The van der Waals surface area contributed by atoms with E-state index in [0.29, 0.717) is 10.5 Å². The predicted octanol–water partition coefficient (Wildman–Crippen LogP) is 5.04. The van der Waals surface area contributed by atoms with E-state index in [2.05, 4.69) is 40.3 Å². The summed E-state index contributed by atoms with van der Waals surface area (Å²) < 4.78 is 6.88. The molecule has 1 fully saturated rings. The first-order chi connectivity index (χ1) is 15.9. The highest BCUT2D eigenvalue weighted by Crippen LogP contribution is 2.32. The minimum atomic E-state index is -0.360. The lowest BCUT2D eigenvalue weighted by molar-refractivity contribution is -0.116. The average molecular weight is 462 g/mol. The Morgan fingerprint density at radius 2 is 1.85 bits per heavy atom. The highest BCUT2D eigenvalue weighted by Gasteiger charge is 2.27. The molecule has 1 atom stereocenters. The molecule has 4 rings (SSSR count). The molecule has 0 unspecified atom stereocenters. The Morgan fingerprint density at radius 3 is 2.48 bits per heavy atom. The minimum Gasteiger partial charge on any atom is -0.465 e. The SMILES string of the molecule is CCc1ccc(N[C@@H]2NC(=O)/C(=C/c3cc(C)n(-c4ccc(C(=O)OC)cc4)c3C)S2)cc1. The van der Waals surface area contributed by atoms with Crippen LogP contribution in [0.1, 0.15) is 39.8 Å². The van der Waals surface area contributed by atoms with Crippen LogP contribution in [0.4, 0.5) is 5.69 Å². The second-order valence-electron chi connectivity index (χ2n) is 7.88. The van der Waals surface area contributed by atoms with Crippen molar-refractivity contribution in [1.82, 2.24) is 9.88 Å². The Hall–Kier alpha value is -3.45. The number of esters is 1. The molecule has 1 aliphatic rings. The summed E-state index contributed by atoms with van der Waals surface area (Å²) in [6.45, 7) is 6.17. The van der Waals surface area contributed by atoms with E-state index in [1.807, 2.05) is 44.2 Å². The first-order valence-electron chi connectivity index (χ1n) is 10.8. The number of carbonyl (C=O) groups is 2. The van der Waals surface area contributed by atoms with Gasteiger partial charge in [-0.25, -0.2) is 4.79 Å². The number of aryl methyl sites for hydroxylation is 2. The normalized spacial score (nSPS) is 16.7. The topological polar surface area (TPSA) is 72.4 Å². The van der Waals surface area contributed by atoms with Crippen LogP contribution in [0.15, 0.2) is 59.5 Å². The lowest BCUT2D eigenvalue weighted by atomic mass is 10.1. The number of aromatic nitrogens is 1. The lowest BCUT2D eigenvalue weighted by Crippen LogP contribution is -2.30. The van der Waals surface area contributed by atoms with Gasteiger partial charge >= 0.3 is 5.97 Å². The van der Waals surface area contributed by atoms with Crippen molar-refractivity contribution in [3.8, 4) is 5.69 Å². The van der Waals surface area contributed by atoms with Gasteiger partial charge in [0.2, 0.25) is 0 Å². The minimum absolute atomic E-state index is 0.0880. The van der Waals surface area contributed by atoms with E-state index in [9.17, 15) is 9.59 Å². The van der Waals surface area contributed by atoms with Crippen LogP contribution >= 0.6 is 11.8 Å². The molecular formula is C26H27N3O3S. The summed E-state index contributed by atoms with van der Waals surface area (Å²) in [7, 11) is 1.37. The number of hydrogen-bond acceptors (Lipinski definition) is 5. The molecule has 0 radical (unpaired) electrons. The summed E-state index contributed by atoms with van der Waals surface area (Å²) in [6, 6.07) is 17.6. The van der Waals surface area contributed by atoms with E-state index in [-0.39, 0.29) is 17.4 Å². The van der Waals surface area contributed by atoms with Crippen LogP contribution in [0.3, 0.4) is 0 Å². The van der Waals surface area contributed by atoms with Gasteiger partial charge in [0.15, 0.2) is 5.50 Å². The van der Waals surface area contributed by atoms with Gasteiger partial charge in [0.05, 0.1) is 17.6 Å². The van der Waals surface area contributed by atoms with Crippen LogP contribution in [0.25, 0.3) is 11.8 Å². The second-order valence-corrected chi connectivity index (χ2v) is 9.02. The number of carbonyl (C=O) groups excluding carboxylic acids is 2. The average Bonchev–Trinajstić information content (AvgIpc) is 3.31. The van der Waals surface area contributed by atoms with Crippen LogP contribution in [0.2, 0.25) is 0 Å². The number of amides is 1. The van der Waals surface area contributed by atoms with Gasteiger partial charge in [0.1, 0.15) is 0 Å². The largest absolute Gasteiger partial charge is 0.465 e. The van der Waals surface area contributed by atoms with Crippen molar-refractivity contribution >= 4 is 35.4 Å². The number of nitrogens with zero attached hydrogens (tertiary/aromatic N) is 1. The van der Waals surface area contributed by atoms with Gasteiger partial charge in [-0.1, -0.05) is 30.8 Å². The molecule has 0 spiro atoms. The van der Waals surface area contributed by atoms with Gasteiger partial charge in [0.25, 0.3) is 5.91 Å². The number of methoxy groups -OCH3 is 1. The van der Waals surface area contributed by atoms with Crippen LogP contribution in [-0.4, -0.2) is 29.1 Å². The fraction of sp³-hybridized carbons (Fsp3) is 0.231. The molecule has 2 aromatic carbocycles. The molecule has 1 aliphatic heterocycles. The lowest BCUT2D eigenvalue weighted by Gasteiger charge is -2.12. The Kier molecular flexibility index (Phi) is 6.60. The Bertz CT molecular complexity index is 1210. The van der Waals surface area contributed by atoms with Gasteiger partial charge in [-0.05, 0) is 79.9 Å². The quantitative estimate of drug-likeness (QED) is 0.397. The number of thioether (sulfide) groups is 1. The first-order valence-corrected chi connectivity index (χ1v) is 11.7. The van der Waals surface area contributed by atoms with E-state index in [1.54, 1.807) is 12.1 Å². The monoisotopic (exact) mass is 461 g/mol. The van der Waals surface area contributed by atoms with E-state index in [1.165, 1.54) is 24.4 Å². The van der Waals surface area contributed by atoms with Crippen molar-refractivity contribution in [2.24, 2.45) is 0 Å². The molecule has 0 aliphatic carbocycles. The van der Waals surface area contributed by atoms with Crippen LogP contribution in [-0.2, 0) is 16.0 Å². The van der Waals surface area contributed by atoms with Crippen LogP contribution < -0.4 is 10.6 Å². The molecule has 2 heterocycles. The van der Waals surface area contributed by atoms with Crippen molar-refractivity contribution in [2.75, 3.05) is 12.4 Å². The Morgan fingerprint density at radius 1 is 1.15 bits per heavy atom. The van der Waals surface area contributed by atoms with E-state index < -0.39 is 0 Å². The highest BCUT2D eigenvalue weighted by molar-refractivity contribution is 8.05. The summed E-state index contributed by atoms with van der Waals surface area (Å²) in [6.07, 6.45) is 2.93. The number of nitrogens with one attached hydrogen (secondary N) is 2. The smallest absolute Gasteiger partial charge is 0.337 e. The number of ether oxygens (including phenoxy) is 1. The molecule has 170 valence electrons. The molecule has 1 aromatic heterocycles. The molecule has 0 bridgehead atoms. The summed E-state index contributed by atoms with van der Waals surface area (Å²) in [4.78, 5) is 25.0. The zero-order valence-electron chi connectivity index (χ0n) is 19.1. The molecule has 2 N–H and O–H groups in total. The summed E-state index contributed by atoms with van der Waals surface area (Å²) in [5.74, 6) is -0.448. The van der Waals surface area contributed by atoms with Crippen LogP contribution in [0, 0.1) is 13.8 Å². The maximum Gasteiger partial charge on any atom is 0.337 e. The standard InChI is InChI=1S/C26H27N3O3S/c1-5-18-6-10-21(11-7-18)27-26-28-24(30)23(33-26)15-20-14-16(2)29(17(20)3)22-12-8-19(9-13-22)25(31)32-4/h6-15,26-27H,5H2,1-4H3,(H,28,30)/b23-15-/t26-/m1/s1. The maximum atomic E-state index is 12.6. The van der Waals surface area contributed by atoms with Crippen molar-refractivity contribution in [1.29, 1.82) is 0 Å². The summed E-state index contributed by atoms with van der Waals surface area (Å²) in [5.41, 5.74) is 6.53. The number of benzene rings is 2. The van der Waals surface area contributed by atoms with Gasteiger partial charge in [-0.3, -0.25) is 4.79 Å². The molecule has 33 heavy (non-hydrogen) atoms. The van der Waals surface area contributed by atoms with Gasteiger partial charge in [0, 0.05) is 22.8 Å². The molecule has 6 nitrogen and oxygen atoms in total. The van der Waals surface area contributed by atoms with Crippen molar-refractivity contribution in [3.05, 3.63) is 87.6 Å². The third kappa shape index (κ3) is 4.83. The molecule has 7 heteroatoms. The van der Waals surface area contributed by atoms with E-state index >= 15 is 0 Å². The van der Waals surface area contributed by atoms with Crippen molar-refractivity contribution < 1.29 is 14.3 Å².